The van der Waals surface area contributed by atoms with E-state index in [2.05, 4.69) is 15.5 Å². The van der Waals surface area contributed by atoms with E-state index in [4.69, 9.17) is 9.47 Å². The number of nitrogens with one attached hydrogen (secondary N) is 1. The highest BCUT2D eigenvalue weighted by Gasteiger charge is 2.37. The number of ether oxygens (including phenoxy) is 2. The molecule has 0 unspecified atom stereocenters. The Labute approximate surface area is 191 Å². The first-order valence-corrected chi connectivity index (χ1v) is 12.2. The summed E-state index contributed by atoms with van der Waals surface area (Å²) in [5.74, 6) is 1.50. The van der Waals surface area contributed by atoms with Crippen LogP contribution in [0.4, 0.5) is 5.82 Å². The monoisotopic (exact) mass is 468 g/mol. The fraction of sp³-hybridized carbons (Fsp3) is 0.348. The van der Waals surface area contributed by atoms with Gasteiger partial charge < -0.3 is 14.8 Å². The molecule has 2 heterocycles. The SMILES string of the molecule is Cn1ncc(NC(=O)c2cc(Oc3ccc(S(=O)(=O)C4CC4)cc3)c3c(c2)OC(C)(C)C3)n1. The fourth-order valence-electron chi connectivity index (χ4n) is 3.85. The van der Waals surface area contributed by atoms with Gasteiger partial charge in [-0.3, -0.25) is 4.79 Å². The van der Waals surface area contributed by atoms with E-state index in [0.29, 0.717) is 52.8 Å². The largest absolute Gasteiger partial charge is 0.487 e. The first-order valence-electron chi connectivity index (χ1n) is 10.7. The molecule has 1 saturated carbocycles. The van der Waals surface area contributed by atoms with Crippen molar-refractivity contribution in [2.24, 2.45) is 7.05 Å². The fourth-order valence-corrected chi connectivity index (χ4v) is 5.51. The van der Waals surface area contributed by atoms with Gasteiger partial charge in [0, 0.05) is 24.6 Å². The lowest BCUT2D eigenvalue weighted by Gasteiger charge is -2.16. The van der Waals surface area contributed by atoms with E-state index < -0.39 is 15.4 Å². The quantitative estimate of drug-likeness (QED) is 0.589. The Morgan fingerprint density at radius 2 is 1.94 bits per heavy atom. The van der Waals surface area contributed by atoms with Crippen LogP contribution in [0.3, 0.4) is 0 Å². The van der Waals surface area contributed by atoms with E-state index in [9.17, 15) is 13.2 Å². The van der Waals surface area contributed by atoms with Crippen molar-refractivity contribution in [1.82, 2.24) is 15.0 Å². The molecule has 1 aromatic heterocycles. The number of aryl methyl sites for hydroxylation is 1. The first-order chi connectivity index (χ1) is 15.6. The minimum absolute atomic E-state index is 0.267. The van der Waals surface area contributed by atoms with Gasteiger partial charge in [0.15, 0.2) is 15.7 Å². The Hall–Kier alpha value is -3.40. The number of benzene rings is 2. The summed E-state index contributed by atoms with van der Waals surface area (Å²) in [6.45, 7) is 3.93. The lowest BCUT2D eigenvalue weighted by molar-refractivity contribution is 0.102. The Bertz CT molecular complexity index is 1340. The first kappa shape index (κ1) is 21.4. The van der Waals surface area contributed by atoms with Crippen molar-refractivity contribution in [2.75, 3.05) is 5.32 Å². The Morgan fingerprint density at radius 1 is 1.21 bits per heavy atom. The zero-order valence-electron chi connectivity index (χ0n) is 18.5. The van der Waals surface area contributed by atoms with Crippen LogP contribution >= 0.6 is 0 Å². The van der Waals surface area contributed by atoms with E-state index in [1.807, 2.05) is 13.8 Å². The lowest BCUT2D eigenvalue weighted by Crippen LogP contribution is -2.24. The number of rotatable bonds is 6. The highest BCUT2D eigenvalue weighted by Crippen LogP contribution is 2.43. The number of amides is 1. The van der Waals surface area contributed by atoms with Crippen molar-refractivity contribution >= 4 is 21.6 Å². The number of aromatic nitrogens is 3. The molecule has 0 bridgehead atoms. The number of hydrogen-bond acceptors (Lipinski definition) is 7. The van der Waals surface area contributed by atoms with Gasteiger partial charge in [-0.2, -0.15) is 9.90 Å². The van der Waals surface area contributed by atoms with Crippen molar-refractivity contribution in [3.05, 3.63) is 53.7 Å². The average molecular weight is 469 g/mol. The number of sulfone groups is 1. The summed E-state index contributed by atoms with van der Waals surface area (Å²) in [7, 11) is -1.61. The summed E-state index contributed by atoms with van der Waals surface area (Å²) in [4.78, 5) is 14.5. The third-order valence-electron chi connectivity index (χ3n) is 5.60. The molecule has 1 aliphatic carbocycles. The van der Waals surface area contributed by atoms with E-state index in [1.165, 1.54) is 11.0 Å². The Morgan fingerprint density at radius 3 is 2.58 bits per heavy atom. The summed E-state index contributed by atoms with van der Waals surface area (Å²) in [5.41, 5.74) is 0.758. The van der Waals surface area contributed by atoms with Crippen LogP contribution in [0, 0.1) is 0 Å². The smallest absolute Gasteiger partial charge is 0.257 e. The third-order valence-corrected chi connectivity index (χ3v) is 7.88. The van der Waals surface area contributed by atoms with Gasteiger partial charge in [0.05, 0.1) is 16.3 Å². The van der Waals surface area contributed by atoms with Crippen molar-refractivity contribution in [3.63, 3.8) is 0 Å². The molecule has 0 radical (unpaired) electrons. The maximum absolute atomic E-state index is 12.8. The molecule has 10 heteroatoms. The molecule has 2 aliphatic rings. The molecule has 5 rings (SSSR count). The number of anilines is 1. The van der Waals surface area contributed by atoms with E-state index >= 15 is 0 Å². The van der Waals surface area contributed by atoms with Crippen LogP contribution < -0.4 is 14.8 Å². The molecule has 33 heavy (non-hydrogen) atoms. The third kappa shape index (κ3) is 4.30. The van der Waals surface area contributed by atoms with Crippen LogP contribution in [-0.2, 0) is 23.3 Å². The number of carbonyl (C=O) groups is 1. The zero-order valence-corrected chi connectivity index (χ0v) is 19.3. The molecular formula is C23H24N4O5S. The predicted octanol–water partition coefficient (Wildman–Crippen LogP) is 3.51. The number of fused-ring (bicyclic) bond motifs is 1. The second-order valence-corrected chi connectivity index (χ2v) is 11.2. The van der Waals surface area contributed by atoms with Crippen molar-refractivity contribution in [3.8, 4) is 17.2 Å². The van der Waals surface area contributed by atoms with Crippen LogP contribution in [0.5, 0.6) is 17.2 Å². The van der Waals surface area contributed by atoms with E-state index in [-0.39, 0.29) is 11.2 Å². The summed E-state index contributed by atoms with van der Waals surface area (Å²) in [6, 6.07) is 9.74. The van der Waals surface area contributed by atoms with Gasteiger partial charge in [0.1, 0.15) is 22.8 Å². The molecule has 0 spiro atoms. The minimum Gasteiger partial charge on any atom is -0.487 e. The average Bonchev–Trinajstić information content (AvgIpc) is 3.46. The van der Waals surface area contributed by atoms with Crippen LogP contribution in [0.1, 0.15) is 42.6 Å². The molecule has 1 N–H and O–H groups in total. The van der Waals surface area contributed by atoms with Crippen LogP contribution in [0.2, 0.25) is 0 Å². The molecule has 1 amide bonds. The van der Waals surface area contributed by atoms with Gasteiger partial charge in [-0.1, -0.05) is 0 Å². The maximum atomic E-state index is 12.8. The van der Waals surface area contributed by atoms with Gasteiger partial charge in [0.2, 0.25) is 0 Å². The standard InChI is InChI=1S/C23H24N4O5S/c1-23(2)12-18-19(31-15-4-6-16(7-5-15)33(29,30)17-8-9-17)10-14(11-20(18)32-23)22(28)25-21-13-24-27(3)26-21/h4-7,10-11,13,17H,8-9,12H2,1-3H3,(H,25,26,28). The molecule has 172 valence electrons. The zero-order chi connectivity index (χ0) is 23.4. The normalized spacial score (nSPS) is 16.7. The maximum Gasteiger partial charge on any atom is 0.257 e. The van der Waals surface area contributed by atoms with Gasteiger partial charge in [-0.15, -0.1) is 5.10 Å². The number of nitrogens with zero attached hydrogens (tertiary/aromatic N) is 3. The summed E-state index contributed by atoms with van der Waals surface area (Å²) in [6.07, 6.45) is 3.50. The van der Waals surface area contributed by atoms with Gasteiger partial charge in [0.25, 0.3) is 5.91 Å². The molecular weight excluding hydrogens is 444 g/mol. The summed E-state index contributed by atoms with van der Waals surface area (Å²) >= 11 is 0. The molecule has 3 aromatic rings. The second kappa shape index (κ2) is 7.58. The predicted molar refractivity (Wildman–Crippen MR) is 121 cm³/mol. The van der Waals surface area contributed by atoms with Crippen molar-refractivity contribution in [2.45, 2.75) is 48.9 Å². The van der Waals surface area contributed by atoms with Crippen LogP contribution in [0.25, 0.3) is 0 Å². The molecule has 0 saturated heterocycles. The lowest BCUT2D eigenvalue weighted by atomic mass is 9.99. The van der Waals surface area contributed by atoms with Gasteiger partial charge >= 0.3 is 0 Å². The van der Waals surface area contributed by atoms with Crippen LogP contribution in [-0.4, -0.2) is 40.2 Å². The Kier molecular flexibility index (Phi) is 4.93. The minimum atomic E-state index is -3.27. The number of hydrogen-bond donors (Lipinski definition) is 1. The second-order valence-electron chi connectivity index (χ2n) is 8.98. The Balaban J connectivity index is 1.44. The highest BCUT2D eigenvalue weighted by molar-refractivity contribution is 7.92. The highest BCUT2D eigenvalue weighted by atomic mass is 32.2. The summed E-state index contributed by atoms with van der Waals surface area (Å²) in [5, 5.41) is 10.5. The van der Waals surface area contributed by atoms with Gasteiger partial charge in [-0.25, -0.2) is 8.42 Å². The molecule has 1 fully saturated rings. The number of carbonyl (C=O) groups excluding carboxylic acids is 1. The van der Waals surface area contributed by atoms with E-state index in [1.54, 1.807) is 43.4 Å². The molecule has 9 nitrogen and oxygen atoms in total. The van der Waals surface area contributed by atoms with Crippen LogP contribution in [0.15, 0.2) is 47.5 Å². The van der Waals surface area contributed by atoms with Crippen molar-refractivity contribution in [1.29, 1.82) is 0 Å². The molecule has 1 aliphatic heterocycles. The van der Waals surface area contributed by atoms with Gasteiger partial charge in [-0.05, 0) is 63.1 Å². The topological polar surface area (TPSA) is 112 Å². The van der Waals surface area contributed by atoms with Crippen molar-refractivity contribution < 1.29 is 22.7 Å². The molecule has 0 atom stereocenters. The van der Waals surface area contributed by atoms with E-state index in [0.717, 1.165) is 5.56 Å². The molecule has 2 aromatic carbocycles. The summed E-state index contributed by atoms with van der Waals surface area (Å²) < 4.78 is 37.1.